The normalized spacial score (nSPS) is 22.3. The third-order valence-electron chi connectivity index (χ3n) is 3.20. The molecule has 0 bridgehead atoms. The molecule has 1 atom stereocenters. The van der Waals surface area contributed by atoms with E-state index in [-0.39, 0.29) is 5.91 Å². The van der Waals surface area contributed by atoms with Crippen molar-refractivity contribution >= 4 is 5.91 Å². The van der Waals surface area contributed by atoms with Gasteiger partial charge in [-0.15, -0.1) is 0 Å². The average Bonchev–Trinajstić information content (AvgIpc) is 2.28. The Labute approximate surface area is 92.1 Å². The fourth-order valence-corrected chi connectivity index (χ4v) is 2.03. The summed E-state index contributed by atoms with van der Waals surface area (Å²) < 4.78 is 0. The summed E-state index contributed by atoms with van der Waals surface area (Å²) in [5.41, 5.74) is -0.865. The van der Waals surface area contributed by atoms with E-state index in [1.165, 1.54) is 6.42 Å². The number of likely N-dealkylation sites (tertiary alicyclic amines) is 1. The first-order chi connectivity index (χ1) is 7.01. The van der Waals surface area contributed by atoms with Crippen molar-refractivity contribution in [2.45, 2.75) is 40.0 Å². The molecule has 1 fully saturated rings. The molecule has 1 amide bonds. The molecule has 0 aliphatic carbocycles. The van der Waals surface area contributed by atoms with Crippen molar-refractivity contribution < 1.29 is 4.79 Å². The van der Waals surface area contributed by atoms with Crippen LogP contribution in [0.2, 0.25) is 0 Å². The lowest BCUT2D eigenvalue weighted by Crippen LogP contribution is -2.45. The molecular weight excluding hydrogens is 188 g/mol. The van der Waals surface area contributed by atoms with E-state index >= 15 is 0 Å². The van der Waals surface area contributed by atoms with Gasteiger partial charge in [0.05, 0.1) is 6.07 Å². The van der Waals surface area contributed by atoms with Gasteiger partial charge in [-0.1, -0.05) is 13.3 Å². The molecule has 3 heteroatoms. The van der Waals surface area contributed by atoms with E-state index < -0.39 is 5.41 Å². The number of hydrogen-bond donors (Lipinski definition) is 0. The molecule has 1 unspecified atom stereocenters. The molecule has 3 nitrogen and oxygen atoms in total. The Balaban J connectivity index is 2.65. The first kappa shape index (κ1) is 12.0. The maximum atomic E-state index is 12.0. The molecule has 1 saturated heterocycles. The monoisotopic (exact) mass is 208 g/mol. The largest absolute Gasteiger partial charge is 0.341 e. The molecular formula is C12H20N2O. The zero-order chi connectivity index (χ0) is 11.5. The number of piperidine rings is 1. The minimum absolute atomic E-state index is 0.0110. The minimum atomic E-state index is -0.865. The van der Waals surface area contributed by atoms with E-state index in [0.29, 0.717) is 5.92 Å². The molecule has 15 heavy (non-hydrogen) atoms. The van der Waals surface area contributed by atoms with Gasteiger partial charge in [0.1, 0.15) is 5.41 Å². The summed E-state index contributed by atoms with van der Waals surface area (Å²) in [5, 5.41) is 8.92. The van der Waals surface area contributed by atoms with Crippen LogP contribution in [0.3, 0.4) is 0 Å². The summed E-state index contributed by atoms with van der Waals surface area (Å²) in [4.78, 5) is 13.9. The number of hydrogen-bond acceptors (Lipinski definition) is 2. The Morgan fingerprint density at radius 1 is 1.60 bits per heavy atom. The van der Waals surface area contributed by atoms with E-state index in [2.05, 4.69) is 13.0 Å². The van der Waals surface area contributed by atoms with Gasteiger partial charge in [-0.3, -0.25) is 4.79 Å². The number of nitriles is 1. The molecule has 0 saturated carbocycles. The summed E-state index contributed by atoms with van der Waals surface area (Å²) in [5.74, 6) is 0.611. The van der Waals surface area contributed by atoms with Gasteiger partial charge in [-0.05, 0) is 32.6 Å². The van der Waals surface area contributed by atoms with E-state index in [9.17, 15) is 4.79 Å². The van der Waals surface area contributed by atoms with Crippen molar-refractivity contribution in [3.05, 3.63) is 0 Å². The van der Waals surface area contributed by atoms with E-state index in [1.54, 1.807) is 13.8 Å². The van der Waals surface area contributed by atoms with Crippen LogP contribution in [0.15, 0.2) is 0 Å². The fourth-order valence-electron chi connectivity index (χ4n) is 2.03. The predicted octanol–water partition coefficient (Wildman–Crippen LogP) is 2.18. The van der Waals surface area contributed by atoms with Gasteiger partial charge < -0.3 is 4.90 Å². The fraction of sp³-hybridized carbons (Fsp3) is 0.833. The van der Waals surface area contributed by atoms with Crippen molar-refractivity contribution in [1.82, 2.24) is 4.90 Å². The first-order valence-corrected chi connectivity index (χ1v) is 5.72. The second-order valence-corrected chi connectivity index (χ2v) is 4.90. The molecule has 1 aliphatic rings. The van der Waals surface area contributed by atoms with Crippen LogP contribution in [0.5, 0.6) is 0 Å². The minimum Gasteiger partial charge on any atom is -0.341 e. The highest BCUT2D eigenvalue weighted by molar-refractivity contribution is 5.84. The lowest BCUT2D eigenvalue weighted by molar-refractivity contribution is -0.139. The molecule has 0 radical (unpaired) electrons. The van der Waals surface area contributed by atoms with Crippen LogP contribution in [0.1, 0.15) is 40.0 Å². The molecule has 0 spiro atoms. The summed E-state index contributed by atoms with van der Waals surface area (Å²) in [7, 11) is 0. The molecule has 1 rings (SSSR count). The topological polar surface area (TPSA) is 44.1 Å². The summed E-state index contributed by atoms with van der Waals surface area (Å²) >= 11 is 0. The Kier molecular flexibility index (Phi) is 3.73. The van der Waals surface area contributed by atoms with Crippen molar-refractivity contribution in [3.8, 4) is 6.07 Å². The molecule has 0 aromatic rings. The second kappa shape index (κ2) is 4.65. The Bertz CT molecular complexity index is 278. The Morgan fingerprint density at radius 2 is 2.27 bits per heavy atom. The van der Waals surface area contributed by atoms with Crippen molar-refractivity contribution in [2.75, 3.05) is 13.1 Å². The highest BCUT2D eigenvalue weighted by Crippen LogP contribution is 2.24. The van der Waals surface area contributed by atoms with Gasteiger partial charge in [-0.2, -0.15) is 5.26 Å². The van der Waals surface area contributed by atoms with Crippen LogP contribution in [-0.4, -0.2) is 23.9 Å². The van der Waals surface area contributed by atoms with Crippen LogP contribution in [0, 0.1) is 22.7 Å². The maximum Gasteiger partial charge on any atom is 0.242 e. The van der Waals surface area contributed by atoms with Gasteiger partial charge in [0.2, 0.25) is 5.91 Å². The summed E-state index contributed by atoms with van der Waals surface area (Å²) in [6, 6.07) is 2.08. The zero-order valence-electron chi connectivity index (χ0n) is 9.92. The van der Waals surface area contributed by atoms with Gasteiger partial charge >= 0.3 is 0 Å². The van der Waals surface area contributed by atoms with Crippen LogP contribution in [0.4, 0.5) is 0 Å². The highest BCUT2D eigenvalue weighted by atomic mass is 16.2. The first-order valence-electron chi connectivity index (χ1n) is 5.72. The van der Waals surface area contributed by atoms with Crippen LogP contribution in [0.25, 0.3) is 0 Å². The zero-order valence-corrected chi connectivity index (χ0v) is 9.92. The van der Waals surface area contributed by atoms with Crippen molar-refractivity contribution in [3.63, 3.8) is 0 Å². The molecule has 1 aliphatic heterocycles. The van der Waals surface area contributed by atoms with Crippen LogP contribution >= 0.6 is 0 Å². The molecule has 0 aromatic heterocycles. The van der Waals surface area contributed by atoms with Crippen LogP contribution < -0.4 is 0 Å². The molecule has 0 N–H and O–H groups in total. The third kappa shape index (κ3) is 2.71. The predicted molar refractivity (Wildman–Crippen MR) is 59.0 cm³/mol. The number of amides is 1. The van der Waals surface area contributed by atoms with Gasteiger partial charge in [0.15, 0.2) is 0 Å². The van der Waals surface area contributed by atoms with Crippen molar-refractivity contribution in [2.24, 2.45) is 11.3 Å². The lowest BCUT2D eigenvalue weighted by Gasteiger charge is -2.35. The molecule has 1 heterocycles. The summed E-state index contributed by atoms with van der Waals surface area (Å²) in [6.07, 6.45) is 3.41. The highest BCUT2D eigenvalue weighted by Gasteiger charge is 2.34. The maximum absolute atomic E-state index is 12.0. The number of nitrogens with zero attached hydrogens (tertiary/aromatic N) is 2. The van der Waals surface area contributed by atoms with E-state index in [4.69, 9.17) is 5.26 Å². The van der Waals surface area contributed by atoms with Gasteiger partial charge in [0, 0.05) is 13.1 Å². The van der Waals surface area contributed by atoms with Crippen LogP contribution in [-0.2, 0) is 4.79 Å². The third-order valence-corrected chi connectivity index (χ3v) is 3.20. The Morgan fingerprint density at radius 3 is 2.80 bits per heavy atom. The average molecular weight is 208 g/mol. The van der Waals surface area contributed by atoms with E-state index in [0.717, 1.165) is 25.9 Å². The van der Waals surface area contributed by atoms with Crippen molar-refractivity contribution in [1.29, 1.82) is 5.26 Å². The van der Waals surface area contributed by atoms with Gasteiger partial charge in [-0.25, -0.2) is 0 Å². The SMILES string of the molecule is CCC1CCCN(C(=O)C(C)(C)C#N)C1. The van der Waals surface area contributed by atoms with Gasteiger partial charge in [0.25, 0.3) is 0 Å². The summed E-state index contributed by atoms with van der Waals surface area (Å²) in [6.45, 7) is 7.21. The molecule has 0 aromatic carbocycles. The standard InChI is InChI=1S/C12H20N2O/c1-4-10-6-5-7-14(8-10)11(15)12(2,3)9-13/h10H,4-8H2,1-3H3. The smallest absolute Gasteiger partial charge is 0.242 e. The quantitative estimate of drug-likeness (QED) is 0.698. The number of carbonyl (C=O) groups is 1. The lowest BCUT2D eigenvalue weighted by atomic mass is 9.90. The Hall–Kier alpha value is -1.04. The number of rotatable bonds is 2. The second-order valence-electron chi connectivity index (χ2n) is 4.90. The van der Waals surface area contributed by atoms with E-state index in [1.807, 2.05) is 4.90 Å². The number of carbonyl (C=O) groups excluding carboxylic acids is 1. The molecule has 84 valence electrons.